The zero-order valence-electron chi connectivity index (χ0n) is 14.8. The number of fused-ring (bicyclic) bond motifs is 1. The topological polar surface area (TPSA) is 42.8 Å². The number of nitrogens with one attached hydrogen (secondary N) is 2. The van der Waals surface area contributed by atoms with E-state index in [1.807, 2.05) is 30.3 Å². The molecule has 0 aliphatic rings. The summed E-state index contributed by atoms with van der Waals surface area (Å²) in [5.41, 5.74) is 0. The van der Waals surface area contributed by atoms with E-state index in [0.29, 0.717) is 17.3 Å². The van der Waals surface area contributed by atoms with Gasteiger partial charge >= 0.3 is 0 Å². The fourth-order valence-corrected chi connectivity index (χ4v) is 4.03. The third-order valence-corrected chi connectivity index (χ3v) is 5.59. The number of thiophene rings is 1. The van der Waals surface area contributed by atoms with E-state index >= 15 is 0 Å². The molecule has 2 N–H and O–H groups in total. The molecule has 1 amide bonds. The van der Waals surface area contributed by atoms with Gasteiger partial charge in [0, 0.05) is 15.8 Å². The predicted octanol–water partition coefficient (Wildman–Crippen LogP) is 2.94. The number of halogens is 1. The second-order valence-corrected chi connectivity index (χ2v) is 7.72. The van der Waals surface area contributed by atoms with Gasteiger partial charge in [-0.2, -0.15) is 0 Å². The Morgan fingerprint density at radius 2 is 1.92 bits per heavy atom. The zero-order chi connectivity index (χ0) is 18.5. The second kappa shape index (κ2) is 8.54. The molecule has 0 spiro atoms. The summed E-state index contributed by atoms with van der Waals surface area (Å²) in [5.74, 6) is 0.528. The minimum Gasteiger partial charge on any atom is -0.483 e. The lowest BCUT2D eigenvalue weighted by molar-refractivity contribution is -0.890. The van der Waals surface area contributed by atoms with Crippen LogP contribution in [0.1, 0.15) is 10.9 Å². The second-order valence-electron chi connectivity index (χ2n) is 6.33. The predicted molar refractivity (Wildman–Crippen MR) is 107 cm³/mol. The monoisotopic (exact) mass is 389 g/mol. The van der Waals surface area contributed by atoms with Crippen LogP contribution >= 0.6 is 22.9 Å². The van der Waals surface area contributed by atoms with Crippen molar-refractivity contribution in [3.8, 4) is 5.75 Å². The SMILES string of the molecule is C[NH+](C)[C@@H](CNC(=O)COc1ccc(Cl)c2ccccc12)c1cccs1. The lowest BCUT2D eigenvalue weighted by atomic mass is 10.1. The van der Waals surface area contributed by atoms with Gasteiger partial charge in [-0.1, -0.05) is 41.9 Å². The van der Waals surface area contributed by atoms with E-state index in [-0.39, 0.29) is 18.6 Å². The molecular weight excluding hydrogens is 368 g/mol. The number of carbonyl (C=O) groups excluding carboxylic acids is 1. The number of quaternary nitrogens is 1. The highest BCUT2D eigenvalue weighted by Crippen LogP contribution is 2.31. The Balaban J connectivity index is 1.60. The molecular formula is C20H22ClN2O2S+. The van der Waals surface area contributed by atoms with E-state index in [0.717, 1.165) is 10.8 Å². The molecule has 2 aromatic carbocycles. The first-order chi connectivity index (χ1) is 12.6. The molecule has 0 radical (unpaired) electrons. The van der Waals surface area contributed by atoms with Gasteiger partial charge in [-0.25, -0.2) is 0 Å². The van der Waals surface area contributed by atoms with Crippen LogP contribution in [0.3, 0.4) is 0 Å². The summed E-state index contributed by atoms with van der Waals surface area (Å²) >= 11 is 7.93. The van der Waals surface area contributed by atoms with E-state index in [4.69, 9.17) is 16.3 Å². The maximum atomic E-state index is 12.2. The van der Waals surface area contributed by atoms with Crippen molar-refractivity contribution >= 4 is 39.6 Å². The van der Waals surface area contributed by atoms with Gasteiger partial charge in [0.1, 0.15) is 11.8 Å². The number of benzene rings is 2. The minimum absolute atomic E-state index is 0.0223. The summed E-state index contributed by atoms with van der Waals surface area (Å²) in [7, 11) is 4.18. The molecule has 0 bridgehead atoms. The van der Waals surface area contributed by atoms with Gasteiger partial charge in [-0.15, -0.1) is 11.3 Å². The molecule has 0 saturated carbocycles. The van der Waals surface area contributed by atoms with E-state index in [1.165, 1.54) is 9.78 Å². The number of hydrogen-bond acceptors (Lipinski definition) is 3. The van der Waals surface area contributed by atoms with E-state index in [2.05, 4.69) is 30.9 Å². The van der Waals surface area contributed by atoms with Crippen molar-refractivity contribution in [3.63, 3.8) is 0 Å². The number of likely N-dealkylation sites (N-methyl/N-ethyl adjacent to an activating group) is 1. The molecule has 136 valence electrons. The Bertz CT molecular complexity index is 881. The Kier molecular flexibility index (Phi) is 6.14. The third kappa shape index (κ3) is 4.36. The molecule has 0 aliphatic heterocycles. The summed E-state index contributed by atoms with van der Waals surface area (Å²) in [6, 6.07) is 15.7. The highest BCUT2D eigenvalue weighted by molar-refractivity contribution is 7.10. The summed E-state index contributed by atoms with van der Waals surface area (Å²) in [6.45, 7) is 0.554. The van der Waals surface area contributed by atoms with Gasteiger partial charge in [-0.05, 0) is 23.6 Å². The molecule has 6 heteroatoms. The van der Waals surface area contributed by atoms with Crippen LogP contribution in [0.4, 0.5) is 0 Å². The summed E-state index contributed by atoms with van der Waals surface area (Å²) in [5, 5.41) is 7.53. The Labute approximate surface area is 162 Å². The van der Waals surface area contributed by atoms with Gasteiger partial charge in [0.05, 0.1) is 25.5 Å². The normalized spacial score (nSPS) is 12.3. The molecule has 0 aliphatic carbocycles. The van der Waals surface area contributed by atoms with Gasteiger partial charge in [0.15, 0.2) is 6.61 Å². The summed E-state index contributed by atoms with van der Waals surface area (Å²) < 4.78 is 5.74. The van der Waals surface area contributed by atoms with Crippen molar-refractivity contribution in [2.24, 2.45) is 0 Å². The number of amides is 1. The van der Waals surface area contributed by atoms with Crippen LogP contribution < -0.4 is 15.0 Å². The van der Waals surface area contributed by atoms with Crippen LogP contribution in [0.25, 0.3) is 10.8 Å². The van der Waals surface area contributed by atoms with Crippen molar-refractivity contribution in [2.45, 2.75) is 6.04 Å². The number of hydrogen-bond donors (Lipinski definition) is 2. The molecule has 3 aromatic rings. The van der Waals surface area contributed by atoms with Gasteiger partial charge < -0.3 is 15.0 Å². The van der Waals surface area contributed by atoms with Crippen LogP contribution in [0.5, 0.6) is 5.75 Å². The summed E-state index contributed by atoms with van der Waals surface area (Å²) in [4.78, 5) is 14.8. The number of carbonyl (C=O) groups is 1. The number of rotatable bonds is 7. The average molecular weight is 390 g/mol. The zero-order valence-corrected chi connectivity index (χ0v) is 16.4. The van der Waals surface area contributed by atoms with E-state index < -0.39 is 0 Å². The molecule has 1 aromatic heterocycles. The highest BCUT2D eigenvalue weighted by Gasteiger charge is 2.19. The molecule has 0 fully saturated rings. The molecule has 1 atom stereocenters. The lowest BCUT2D eigenvalue weighted by Gasteiger charge is -2.20. The van der Waals surface area contributed by atoms with Crippen LogP contribution in [-0.2, 0) is 4.79 Å². The Morgan fingerprint density at radius 3 is 2.62 bits per heavy atom. The van der Waals surface area contributed by atoms with Crippen molar-refractivity contribution in [1.29, 1.82) is 0 Å². The number of ether oxygens (including phenoxy) is 1. The van der Waals surface area contributed by atoms with Crippen molar-refractivity contribution < 1.29 is 14.4 Å². The van der Waals surface area contributed by atoms with Crippen molar-refractivity contribution in [2.75, 3.05) is 27.2 Å². The largest absolute Gasteiger partial charge is 0.483 e. The van der Waals surface area contributed by atoms with Crippen molar-refractivity contribution in [1.82, 2.24) is 5.32 Å². The molecule has 0 unspecified atom stereocenters. The third-order valence-electron chi connectivity index (χ3n) is 4.28. The van der Waals surface area contributed by atoms with Crippen LogP contribution in [0.2, 0.25) is 5.02 Å². The highest BCUT2D eigenvalue weighted by atomic mass is 35.5. The maximum absolute atomic E-state index is 12.2. The fraction of sp³-hybridized carbons (Fsp3) is 0.250. The molecule has 4 nitrogen and oxygen atoms in total. The lowest BCUT2D eigenvalue weighted by Crippen LogP contribution is -3.06. The molecule has 0 saturated heterocycles. The van der Waals surface area contributed by atoms with Gasteiger partial charge in [0.2, 0.25) is 0 Å². The Hall–Kier alpha value is -2.08. The first-order valence-electron chi connectivity index (χ1n) is 8.46. The maximum Gasteiger partial charge on any atom is 0.258 e. The van der Waals surface area contributed by atoms with E-state index in [9.17, 15) is 4.79 Å². The summed E-state index contributed by atoms with van der Waals surface area (Å²) in [6.07, 6.45) is 0. The van der Waals surface area contributed by atoms with Crippen LogP contribution in [0.15, 0.2) is 53.9 Å². The molecule has 3 rings (SSSR count). The van der Waals surface area contributed by atoms with Crippen LogP contribution in [-0.4, -0.2) is 33.2 Å². The molecule has 1 heterocycles. The average Bonchev–Trinajstić information content (AvgIpc) is 3.15. The quantitative estimate of drug-likeness (QED) is 0.652. The first-order valence-corrected chi connectivity index (χ1v) is 9.72. The smallest absolute Gasteiger partial charge is 0.258 e. The standard InChI is InChI=1S/C20H21ClN2O2S/c1-23(2)17(19-8-5-11-26-19)12-22-20(24)13-25-18-10-9-16(21)14-6-3-4-7-15(14)18/h3-11,17H,12-13H2,1-2H3,(H,22,24)/p+1/t17-/m0/s1. The Morgan fingerprint density at radius 1 is 1.15 bits per heavy atom. The van der Waals surface area contributed by atoms with Gasteiger partial charge in [0.25, 0.3) is 5.91 Å². The van der Waals surface area contributed by atoms with Gasteiger partial charge in [-0.3, -0.25) is 4.79 Å². The van der Waals surface area contributed by atoms with Crippen LogP contribution in [0, 0.1) is 0 Å². The fourth-order valence-electron chi connectivity index (χ4n) is 2.85. The van der Waals surface area contributed by atoms with E-state index in [1.54, 1.807) is 23.5 Å². The first kappa shape index (κ1) is 18.7. The molecule has 26 heavy (non-hydrogen) atoms. The van der Waals surface area contributed by atoms with Crippen molar-refractivity contribution in [3.05, 3.63) is 63.8 Å². The minimum atomic E-state index is -0.133.